The van der Waals surface area contributed by atoms with Crippen molar-refractivity contribution in [3.63, 3.8) is 0 Å². The van der Waals surface area contributed by atoms with E-state index in [0.717, 1.165) is 0 Å². The van der Waals surface area contributed by atoms with Gasteiger partial charge in [-0.1, -0.05) is 6.07 Å². The summed E-state index contributed by atoms with van der Waals surface area (Å²) in [6, 6.07) is 3.00. The van der Waals surface area contributed by atoms with Gasteiger partial charge in [-0.05, 0) is 36.6 Å². The van der Waals surface area contributed by atoms with Gasteiger partial charge in [0.15, 0.2) is 0 Å². The topological polar surface area (TPSA) is 89.5 Å². The molecular weight excluding hydrogens is 278 g/mol. The van der Waals surface area contributed by atoms with Gasteiger partial charge in [0.05, 0.1) is 5.97 Å². The molecule has 0 heterocycles. The molecule has 0 aliphatic heterocycles. The summed E-state index contributed by atoms with van der Waals surface area (Å²) in [6.07, 6.45) is 0. The number of hydrogen-bond acceptors (Lipinski definition) is 5. The van der Waals surface area contributed by atoms with E-state index in [1.807, 2.05) is 0 Å². The van der Waals surface area contributed by atoms with Crippen LogP contribution < -0.4 is 69.0 Å². The van der Waals surface area contributed by atoms with Crippen molar-refractivity contribution < 1.29 is 82.5 Å². The van der Waals surface area contributed by atoms with E-state index < -0.39 is 23.7 Å². The van der Waals surface area contributed by atoms with E-state index in [2.05, 4.69) is 0 Å². The molecule has 1 aromatic carbocycles. The van der Waals surface area contributed by atoms with Crippen LogP contribution in [0.25, 0.3) is 0 Å². The zero-order valence-electron chi connectivity index (χ0n) is 10.8. The van der Waals surface area contributed by atoms with Gasteiger partial charge in [-0.3, -0.25) is 4.21 Å². The molecule has 0 aliphatic rings. The van der Waals surface area contributed by atoms with Gasteiger partial charge in [-0.15, -0.1) is 0 Å². The second kappa shape index (κ2) is 9.50. The van der Waals surface area contributed by atoms with Crippen LogP contribution in [0, 0.1) is 13.8 Å². The van der Waals surface area contributed by atoms with Crippen molar-refractivity contribution >= 4 is 17.0 Å². The van der Waals surface area contributed by atoms with Crippen LogP contribution in [-0.4, -0.2) is 21.3 Å². The fourth-order valence-electron chi connectivity index (χ4n) is 1.34. The normalized spacial score (nSPS) is 10.8. The number of hydrogen-bond donors (Lipinski definition) is 0. The largest absolute Gasteiger partial charge is 1.00 e. The zero-order valence-corrected chi connectivity index (χ0v) is 15.6. The predicted octanol–water partition coefficient (Wildman–Crippen LogP) is -6.32. The standard InChI is InChI=1S/C10H12O5S.2Na/c1-6-3-4-8(16(13)14)7(2)10(6)15-5-9(11)12;;/h3-4H,5H2,1-2H3,(H,11,12)(H,13,14);;/q;2*+1/p-2. The molecule has 5 nitrogen and oxygen atoms in total. The minimum atomic E-state index is -2.37. The zero-order chi connectivity index (χ0) is 12.3. The number of rotatable bonds is 4. The van der Waals surface area contributed by atoms with Crippen molar-refractivity contribution in [3.8, 4) is 5.75 Å². The summed E-state index contributed by atoms with van der Waals surface area (Å²) >= 11 is -2.37. The first-order valence-electron chi connectivity index (χ1n) is 4.45. The molecule has 0 saturated carbocycles. The summed E-state index contributed by atoms with van der Waals surface area (Å²) in [4.78, 5) is 10.4. The maximum atomic E-state index is 10.8. The van der Waals surface area contributed by atoms with E-state index in [1.54, 1.807) is 19.9 Å². The Morgan fingerprint density at radius 3 is 2.33 bits per heavy atom. The van der Waals surface area contributed by atoms with E-state index >= 15 is 0 Å². The van der Waals surface area contributed by atoms with Crippen molar-refractivity contribution in [3.05, 3.63) is 23.3 Å². The van der Waals surface area contributed by atoms with Gasteiger partial charge in [0.2, 0.25) is 0 Å². The van der Waals surface area contributed by atoms with Crippen LogP contribution >= 0.6 is 0 Å². The van der Waals surface area contributed by atoms with Crippen LogP contribution in [0.4, 0.5) is 0 Å². The molecule has 1 unspecified atom stereocenters. The molecule has 0 amide bonds. The molecule has 1 aromatic rings. The molecule has 8 heteroatoms. The van der Waals surface area contributed by atoms with E-state index in [1.165, 1.54) is 6.07 Å². The number of ether oxygens (including phenoxy) is 1. The number of carbonyl (C=O) groups is 1. The van der Waals surface area contributed by atoms with Gasteiger partial charge in [-0.2, -0.15) is 0 Å². The summed E-state index contributed by atoms with van der Waals surface area (Å²) in [5.74, 6) is -1.08. The molecule has 0 aromatic heterocycles. The summed E-state index contributed by atoms with van der Waals surface area (Å²) in [6.45, 7) is 2.66. The summed E-state index contributed by atoms with van der Waals surface area (Å²) in [5, 5.41) is 10.3. The molecule has 0 N–H and O–H groups in total. The van der Waals surface area contributed by atoms with Gasteiger partial charge in [0.1, 0.15) is 12.4 Å². The van der Waals surface area contributed by atoms with Crippen LogP contribution in [0.5, 0.6) is 5.75 Å². The molecule has 0 radical (unpaired) electrons. The van der Waals surface area contributed by atoms with Gasteiger partial charge >= 0.3 is 59.1 Å². The van der Waals surface area contributed by atoms with Crippen LogP contribution in [-0.2, 0) is 15.9 Å². The first kappa shape index (κ1) is 20.9. The summed E-state index contributed by atoms with van der Waals surface area (Å²) in [7, 11) is 0. The Hall–Kier alpha value is 0.600. The van der Waals surface area contributed by atoms with Gasteiger partial charge in [0, 0.05) is 10.5 Å². The fraction of sp³-hybridized carbons (Fsp3) is 0.300. The molecular formula is C10H10Na2O5S. The molecule has 1 atom stereocenters. The van der Waals surface area contributed by atoms with Crippen molar-refractivity contribution in [1.82, 2.24) is 0 Å². The van der Waals surface area contributed by atoms with Crippen molar-refractivity contribution in [2.45, 2.75) is 18.7 Å². The molecule has 0 bridgehead atoms. The van der Waals surface area contributed by atoms with E-state index in [0.29, 0.717) is 11.1 Å². The SMILES string of the molecule is Cc1ccc(S(=O)[O-])c(C)c1OCC(=O)[O-].[Na+].[Na+]. The maximum absolute atomic E-state index is 10.8. The van der Waals surface area contributed by atoms with Gasteiger partial charge < -0.3 is 19.2 Å². The second-order valence-electron chi connectivity index (χ2n) is 3.23. The van der Waals surface area contributed by atoms with Gasteiger partial charge in [0.25, 0.3) is 0 Å². The van der Waals surface area contributed by atoms with Crippen molar-refractivity contribution in [2.24, 2.45) is 0 Å². The number of benzene rings is 1. The number of carboxylic acid groups (broad SMARTS) is 1. The Bertz CT molecular complexity index is 450. The number of aliphatic carboxylic acids is 1. The van der Waals surface area contributed by atoms with E-state index in [-0.39, 0.29) is 69.8 Å². The summed E-state index contributed by atoms with van der Waals surface area (Å²) in [5.41, 5.74) is 1.07. The molecule has 18 heavy (non-hydrogen) atoms. The van der Waals surface area contributed by atoms with Crippen molar-refractivity contribution in [2.75, 3.05) is 6.61 Å². The average molecular weight is 288 g/mol. The Morgan fingerprint density at radius 2 is 1.89 bits per heavy atom. The number of carboxylic acids is 1. The Morgan fingerprint density at radius 1 is 1.33 bits per heavy atom. The minimum Gasteiger partial charge on any atom is -0.768 e. The molecule has 0 fully saturated rings. The molecule has 0 aliphatic carbocycles. The first-order chi connectivity index (χ1) is 7.43. The number of aryl methyl sites for hydroxylation is 1. The van der Waals surface area contributed by atoms with Crippen LogP contribution in [0.3, 0.4) is 0 Å². The van der Waals surface area contributed by atoms with E-state index in [4.69, 9.17) is 4.74 Å². The van der Waals surface area contributed by atoms with Crippen molar-refractivity contribution in [1.29, 1.82) is 0 Å². The molecule has 88 valence electrons. The molecule has 0 saturated heterocycles. The first-order valence-corrected chi connectivity index (χ1v) is 5.53. The van der Waals surface area contributed by atoms with Gasteiger partial charge in [-0.25, -0.2) is 0 Å². The second-order valence-corrected chi connectivity index (χ2v) is 4.14. The smallest absolute Gasteiger partial charge is 0.768 e. The van der Waals surface area contributed by atoms with E-state index in [9.17, 15) is 18.7 Å². The Kier molecular flexibility index (Phi) is 11.0. The fourth-order valence-corrected chi connectivity index (χ4v) is 1.86. The molecule has 0 spiro atoms. The third-order valence-corrected chi connectivity index (χ3v) is 2.87. The third-order valence-electron chi connectivity index (χ3n) is 2.07. The third kappa shape index (κ3) is 5.71. The quantitative estimate of drug-likeness (QED) is 0.406. The van der Waals surface area contributed by atoms with Crippen LogP contribution in [0.15, 0.2) is 17.0 Å². The average Bonchev–Trinajstić information content (AvgIpc) is 2.16. The maximum Gasteiger partial charge on any atom is 1.00 e. The molecule has 1 rings (SSSR count). The Balaban J connectivity index is 0. The minimum absolute atomic E-state index is 0. The van der Waals surface area contributed by atoms with Crippen LogP contribution in [0.2, 0.25) is 0 Å². The summed E-state index contributed by atoms with van der Waals surface area (Å²) < 4.78 is 26.7. The van der Waals surface area contributed by atoms with Crippen LogP contribution in [0.1, 0.15) is 11.1 Å². The Labute approximate surface area is 152 Å². The predicted molar refractivity (Wildman–Crippen MR) is 53.6 cm³/mol. The monoisotopic (exact) mass is 288 g/mol. The number of carbonyl (C=O) groups excluding carboxylic acids is 1.